The second-order valence-corrected chi connectivity index (χ2v) is 9.03. The topological polar surface area (TPSA) is 86.6 Å². The lowest BCUT2D eigenvalue weighted by Crippen LogP contribution is -2.19. The number of aromatic nitrogens is 1. The molecule has 0 saturated carbocycles. The number of ketones is 1. The number of anilines is 1. The number of carbonyl (C=O) groups excluding carboxylic acids is 2. The lowest BCUT2D eigenvalue weighted by molar-refractivity contribution is 0.101. The maximum Gasteiger partial charge on any atom is 0.272 e. The quantitative estimate of drug-likeness (QED) is 0.241. The maximum atomic E-state index is 13.8. The zero-order valence-electron chi connectivity index (χ0n) is 20.9. The van der Waals surface area contributed by atoms with Gasteiger partial charge in [-0.2, -0.15) is 0 Å². The van der Waals surface area contributed by atoms with E-state index in [1.807, 2.05) is 60.0 Å². The average Bonchev–Trinajstić information content (AvgIpc) is 3.64. The van der Waals surface area contributed by atoms with Crippen molar-refractivity contribution < 1.29 is 23.2 Å². The van der Waals surface area contributed by atoms with Crippen molar-refractivity contribution in [3.05, 3.63) is 119 Å². The molecular weight excluding hydrogens is 480 g/mol. The van der Waals surface area contributed by atoms with Gasteiger partial charge in [-0.15, -0.1) is 0 Å². The molecule has 7 heteroatoms. The third-order valence-corrected chi connectivity index (χ3v) is 6.72. The van der Waals surface area contributed by atoms with Gasteiger partial charge in [0, 0.05) is 29.6 Å². The molecule has 0 spiro atoms. The van der Waals surface area contributed by atoms with Crippen LogP contribution in [0.4, 0.5) is 5.69 Å². The molecule has 6 aromatic rings. The highest BCUT2D eigenvalue weighted by molar-refractivity contribution is 6.19. The summed E-state index contributed by atoms with van der Waals surface area (Å²) in [4.78, 5) is 27.3. The van der Waals surface area contributed by atoms with E-state index in [1.165, 1.54) is 0 Å². The molecule has 6 rings (SSSR count). The molecule has 188 valence electrons. The first-order chi connectivity index (χ1) is 18.5. The van der Waals surface area contributed by atoms with Gasteiger partial charge in [0.05, 0.1) is 24.6 Å². The van der Waals surface area contributed by atoms with E-state index in [2.05, 4.69) is 5.32 Å². The zero-order valence-corrected chi connectivity index (χ0v) is 20.9. The first-order valence-electron chi connectivity index (χ1n) is 12.2. The second kappa shape index (κ2) is 9.44. The van der Waals surface area contributed by atoms with Crippen LogP contribution in [0.2, 0.25) is 0 Å². The summed E-state index contributed by atoms with van der Waals surface area (Å²) in [6.07, 6.45) is 1.61. The van der Waals surface area contributed by atoms with Crippen molar-refractivity contribution in [2.45, 2.75) is 13.5 Å². The molecule has 3 aromatic carbocycles. The van der Waals surface area contributed by atoms with E-state index in [1.54, 1.807) is 49.8 Å². The number of ether oxygens (including phenoxy) is 1. The van der Waals surface area contributed by atoms with E-state index in [9.17, 15) is 9.59 Å². The van der Waals surface area contributed by atoms with Crippen LogP contribution in [0, 0.1) is 6.92 Å². The van der Waals surface area contributed by atoms with Crippen LogP contribution < -0.4 is 10.1 Å². The van der Waals surface area contributed by atoms with Crippen molar-refractivity contribution in [2.75, 3.05) is 12.4 Å². The average molecular weight is 505 g/mol. The van der Waals surface area contributed by atoms with Crippen LogP contribution in [0.5, 0.6) is 5.75 Å². The van der Waals surface area contributed by atoms with Gasteiger partial charge in [-0.1, -0.05) is 48.5 Å². The summed E-state index contributed by atoms with van der Waals surface area (Å²) in [5, 5.41) is 3.61. The van der Waals surface area contributed by atoms with Crippen molar-refractivity contribution in [1.82, 2.24) is 4.57 Å². The normalized spacial score (nSPS) is 11.2. The number of furan rings is 2. The smallest absolute Gasteiger partial charge is 0.272 e. The van der Waals surface area contributed by atoms with Gasteiger partial charge < -0.3 is 23.5 Å². The number of nitrogens with one attached hydrogen (secondary N) is 1. The van der Waals surface area contributed by atoms with Gasteiger partial charge >= 0.3 is 0 Å². The van der Waals surface area contributed by atoms with Crippen LogP contribution in [-0.4, -0.2) is 23.4 Å². The van der Waals surface area contributed by atoms with Crippen molar-refractivity contribution in [2.24, 2.45) is 0 Å². The van der Waals surface area contributed by atoms with Gasteiger partial charge in [0.1, 0.15) is 17.0 Å². The Hall–Kier alpha value is -5.04. The van der Waals surface area contributed by atoms with E-state index in [0.29, 0.717) is 45.8 Å². The van der Waals surface area contributed by atoms with Crippen LogP contribution in [0.25, 0.3) is 22.1 Å². The molecule has 38 heavy (non-hydrogen) atoms. The molecule has 0 bridgehead atoms. The Balaban J connectivity index is 1.42. The molecule has 3 aromatic heterocycles. The zero-order chi connectivity index (χ0) is 26.2. The number of hydrogen-bond donors (Lipinski definition) is 1. The molecule has 0 fully saturated rings. The number of fused-ring (bicyclic) bond motifs is 2. The molecule has 0 radical (unpaired) electrons. The first kappa shape index (κ1) is 23.4. The lowest BCUT2D eigenvalue weighted by atomic mass is 10.1. The fourth-order valence-electron chi connectivity index (χ4n) is 4.70. The molecule has 0 aliphatic carbocycles. The minimum atomic E-state index is -0.378. The van der Waals surface area contributed by atoms with E-state index < -0.39 is 0 Å². The number of carbonyl (C=O) groups is 2. The van der Waals surface area contributed by atoms with Crippen LogP contribution >= 0.6 is 0 Å². The molecular formula is C31H24N2O5. The largest absolute Gasteiger partial charge is 0.497 e. The highest BCUT2D eigenvalue weighted by Gasteiger charge is 2.26. The summed E-state index contributed by atoms with van der Waals surface area (Å²) in [5.74, 6) is -0.140. The monoisotopic (exact) mass is 504 g/mol. The van der Waals surface area contributed by atoms with E-state index in [0.717, 1.165) is 16.6 Å². The molecule has 7 nitrogen and oxygen atoms in total. The van der Waals surface area contributed by atoms with Crippen molar-refractivity contribution in [3.8, 4) is 5.75 Å². The number of hydrogen-bond acceptors (Lipinski definition) is 5. The number of aryl methyl sites for hydroxylation is 1. The highest BCUT2D eigenvalue weighted by Crippen LogP contribution is 2.34. The SMILES string of the molecule is COc1cccc(C(=O)c2oc3ccccc3c2NC(=O)c2cc3occc3n2Cc2ccccc2C)c1. The number of para-hydroxylation sites is 1. The van der Waals surface area contributed by atoms with Crippen molar-refractivity contribution in [1.29, 1.82) is 0 Å². The summed E-state index contributed by atoms with van der Waals surface area (Å²) in [5.41, 5.74) is 5.24. The van der Waals surface area contributed by atoms with Crippen molar-refractivity contribution in [3.63, 3.8) is 0 Å². The Labute approximate surface area is 218 Å². The summed E-state index contributed by atoms with van der Waals surface area (Å²) in [6, 6.07) is 25.7. The van der Waals surface area contributed by atoms with E-state index >= 15 is 0 Å². The van der Waals surface area contributed by atoms with Gasteiger partial charge in [-0.3, -0.25) is 9.59 Å². The number of methoxy groups -OCH3 is 1. The van der Waals surface area contributed by atoms with Gasteiger partial charge in [0.25, 0.3) is 5.91 Å². The Kier molecular flexibility index (Phi) is 5.81. The highest BCUT2D eigenvalue weighted by atomic mass is 16.5. The van der Waals surface area contributed by atoms with Gasteiger partial charge in [0.2, 0.25) is 5.78 Å². The number of nitrogens with zero attached hydrogens (tertiary/aromatic N) is 1. The molecule has 0 saturated heterocycles. The fraction of sp³-hybridized carbons (Fsp3) is 0.0968. The van der Waals surface area contributed by atoms with Crippen LogP contribution in [0.1, 0.15) is 37.7 Å². The minimum absolute atomic E-state index is 0.0495. The second-order valence-electron chi connectivity index (χ2n) is 9.03. The van der Waals surface area contributed by atoms with Gasteiger partial charge in [0.15, 0.2) is 11.3 Å². The number of amides is 1. The third kappa shape index (κ3) is 4.04. The molecule has 0 aliphatic heterocycles. The summed E-state index contributed by atoms with van der Waals surface area (Å²) >= 11 is 0. The number of benzene rings is 3. The Morgan fingerprint density at radius 1 is 0.921 bits per heavy atom. The predicted molar refractivity (Wildman–Crippen MR) is 145 cm³/mol. The third-order valence-electron chi connectivity index (χ3n) is 6.72. The molecule has 1 amide bonds. The van der Waals surface area contributed by atoms with Crippen LogP contribution in [0.3, 0.4) is 0 Å². The van der Waals surface area contributed by atoms with Gasteiger partial charge in [-0.25, -0.2) is 0 Å². The Bertz CT molecular complexity index is 1820. The molecule has 3 heterocycles. The molecule has 0 unspecified atom stereocenters. The molecule has 0 aliphatic rings. The van der Waals surface area contributed by atoms with Crippen molar-refractivity contribution >= 4 is 39.4 Å². The predicted octanol–water partition coefficient (Wildman–Crippen LogP) is 6.83. The fourth-order valence-corrected chi connectivity index (χ4v) is 4.70. The standard InChI is InChI=1S/C31H24N2O5/c1-19-8-3-4-9-21(19)18-33-24-14-15-37-27(24)17-25(33)31(35)32-28-23-12-5-6-13-26(23)38-30(28)29(34)20-10-7-11-22(16-20)36-2/h3-17H,18H2,1-2H3,(H,32,35). The minimum Gasteiger partial charge on any atom is -0.497 e. The molecule has 1 N–H and O–H groups in total. The number of rotatable bonds is 7. The summed E-state index contributed by atoms with van der Waals surface area (Å²) in [7, 11) is 1.54. The van der Waals surface area contributed by atoms with E-state index in [4.69, 9.17) is 13.6 Å². The Morgan fingerprint density at radius 2 is 1.74 bits per heavy atom. The van der Waals surface area contributed by atoms with Crippen LogP contribution in [0.15, 0.2) is 100 Å². The van der Waals surface area contributed by atoms with E-state index in [-0.39, 0.29) is 17.5 Å². The molecule has 0 atom stereocenters. The van der Waals surface area contributed by atoms with Crippen LogP contribution in [-0.2, 0) is 6.54 Å². The Morgan fingerprint density at radius 3 is 2.58 bits per heavy atom. The summed E-state index contributed by atoms with van der Waals surface area (Å²) < 4.78 is 18.8. The first-order valence-corrected chi connectivity index (χ1v) is 12.2. The lowest BCUT2D eigenvalue weighted by Gasteiger charge is -2.12. The van der Waals surface area contributed by atoms with Gasteiger partial charge in [-0.05, 0) is 42.3 Å². The summed E-state index contributed by atoms with van der Waals surface area (Å²) in [6.45, 7) is 2.53. The maximum absolute atomic E-state index is 13.8.